The van der Waals surface area contributed by atoms with Crippen LogP contribution >= 0.6 is 0 Å². The summed E-state index contributed by atoms with van der Waals surface area (Å²) in [5, 5.41) is 17.6. The van der Waals surface area contributed by atoms with Crippen molar-refractivity contribution in [2.24, 2.45) is 7.05 Å². The van der Waals surface area contributed by atoms with Crippen LogP contribution in [0.25, 0.3) is 0 Å². The summed E-state index contributed by atoms with van der Waals surface area (Å²) in [6.07, 6.45) is 2.43. The normalized spacial score (nSPS) is 12.3. The van der Waals surface area contributed by atoms with E-state index in [1.807, 2.05) is 30.3 Å². The molecule has 18 heavy (non-hydrogen) atoms. The number of ether oxygens (including phenoxy) is 1. The van der Waals surface area contributed by atoms with Gasteiger partial charge in [-0.15, -0.1) is 5.10 Å². The van der Waals surface area contributed by atoms with E-state index in [9.17, 15) is 5.11 Å². The Labute approximate surface area is 106 Å². The molecule has 0 aliphatic carbocycles. The van der Waals surface area contributed by atoms with Crippen LogP contribution in [0.15, 0.2) is 36.5 Å². The van der Waals surface area contributed by atoms with Gasteiger partial charge in [0.05, 0.1) is 18.4 Å². The third kappa shape index (κ3) is 3.85. The standard InChI is InChI=1S/C13H17N3O2/c1-16-10-11(14-15-16)9-12(17)7-8-18-13-5-3-2-4-6-13/h2-6,10,12,17H,7-9H2,1H3. The minimum atomic E-state index is -0.453. The Morgan fingerprint density at radius 1 is 1.33 bits per heavy atom. The highest BCUT2D eigenvalue weighted by atomic mass is 16.5. The van der Waals surface area contributed by atoms with Crippen LogP contribution in [-0.2, 0) is 13.5 Å². The van der Waals surface area contributed by atoms with Gasteiger partial charge in [-0.05, 0) is 12.1 Å². The first-order chi connectivity index (χ1) is 8.74. The molecule has 0 spiro atoms. The summed E-state index contributed by atoms with van der Waals surface area (Å²) >= 11 is 0. The third-order valence-electron chi connectivity index (χ3n) is 2.56. The molecule has 1 aromatic heterocycles. The lowest BCUT2D eigenvalue weighted by molar-refractivity contribution is 0.138. The second kappa shape index (κ2) is 6.16. The molecule has 0 saturated carbocycles. The van der Waals surface area contributed by atoms with Crippen molar-refractivity contribution in [3.63, 3.8) is 0 Å². The minimum Gasteiger partial charge on any atom is -0.493 e. The lowest BCUT2D eigenvalue weighted by atomic mass is 10.1. The smallest absolute Gasteiger partial charge is 0.119 e. The summed E-state index contributed by atoms with van der Waals surface area (Å²) in [6.45, 7) is 0.492. The first-order valence-corrected chi connectivity index (χ1v) is 5.95. The molecule has 0 aliphatic heterocycles. The average Bonchev–Trinajstić information content (AvgIpc) is 2.76. The highest BCUT2D eigenvalue weighted by molar-refractivity contribution is 5.20. The van der Waals surface area contributed by atoms with Crippen molar-refractivity contribution in [2.45, 2.75) is 18.9 Å². The van der Waals surface area contributed by atoms with E-state index in [1.165, 1.54) is 0 Å². The number of nitrogens with zero attached hydrogens (tertiary/aromatic N) is 3. The topological polar surface area (TPSA) is 60.2 Å². The van der Waals surface area contributed by atoms with E-state index in [0.717, 1.165) is 11.4 Å². The lowest BCUT2D eigenvalue weighted by Crippen LogP contribution is -2.15. The second-order valence-electron chi connectivity index (χ2n) is 4.19. The highest BCUT2D eigenvalue weighted by Gasteiger charge is 2.08. The number of hydrogen-bond donors (Lipinski definition) is 1. The largest absolute Gasteiger partial charge is 0.493 e. The van der Waals surface area contributed by atoms with Gasteiger partial charge in [0.15, 0.2) is 0 Å². The number of aliphatic hydroxyl groups is 1. The van der Waals surface area contributed by atoms with Crippen LogP contribution in [0.3, 0.4) is 0 Å². The Kier molecular flexibility index (Phi) is 4.30. The SMILES string of the molecule is Cn1cc(CC(O)CCOc2ccccc2)nn1. The predicted molar refractivity (Wildman–Crippen MR) is 67.3 cm³/mol. The number of aliphatic hydroxyl groups excluding tert-OH is 1. The summed E-state index contributed by atoms with van der Waals surface area (Å²) in [4.78, 5) is 0. The van der Waals surface area contributed by atoms with Gasteiger partial charge in [-0.1, -0.05) is 23.4 Å². The van der Waals surface area contributed by atoms with Gasteiger partial charge in [0.1, 0.15) is 5.75 Å². The number of benzene rings is 1. The van der Waals surface area contributed by atoms with Gasteiger partial charge in [-0.25, -0.2) is 0 Å². The Bertz CT molecular complexity index is 470. The van der Waals surface area contributed by atoms with Crippen molar-refractivity contribution in [3.05, 3.63) is 42.2 Å². The van der Waals surface area contributed by atoms with E-state index in [2.05, 4.69) is 10.3 Å². The summed E-state index contributed by atoms with van der Waals surface area (Å²) in [5.41, 5.74) is 0.796. The molecule has 1 aromatic carbocycles. The molecular weight excluding hydrogens is 230 g/mol. The Balaban J connectivity index is 1.70. The van der Waals surface area contributed by atoms with Gasteiger partial charge in [-0.3, -0.25) is 4.68 Å². The first kappa shape index (κ1) is 12.6. The number of aryl methyl sites for hydroxylation is 1. The molecule has 0 bridgehead atoms. The number of hydrogen-bond acceptors (Lipinski definition) is 4. The monoisotopic (exact) mass is 247 g/mol. The highest BCUT2D eigenvalue weighted by Crippen LogP contribution is 2.09. The van der Waals surface area contributed by atoms with Crippen LogP contribution in [-0.4, -0.2) is 32.8 Å². The number of para-hydroxylation sites is 1. The van der Waals surface area contributed by atoms with E-state index < -0.39 is 6.10 Å². The maximum atomic E-state index is 9.83. The van der Waals surface area contributed by atoms with Crippen molar-refractivity contribution in [2.75, 3.05) is 6.61 Å². The fraction of sp³-hybridized carbons (Fsp3) is 0.385. The zero-order valence-electron chi connectivity index (χ0n) is 10.4. The molecule has 2 aromatic rings. The molecule has 1 heterocycles. The maximum Gasteiger partial charge on any atom is 0.119 e. The van der Waals surface area contributed by atoms with Crippen molar-refractivity contribution < 1.29 is 9.84 Å². The zero-order valence-corrected chi connectivity index (χ0v) is 10.4. The van der Waals surface area contributed by atoms with Crippen LogP contribution in [0, 0.1) is 0 Å². The zero-order chi connectivity index (χ0) is 12.8. The Morgan fingerprint density at radius 3 is 2.78 bits per heavy atom. The van der Waals surface area contributed by atoms with Crippen molar-refractivity contribution in [1.82, 2.24) is 15.0 Å². The molecule has 1 N–H and O–H groups in total. The first-order valence-electron chi connectivity index (χ1n) is 5.95. The van der Waals surface area contributed by atoms with Gasteiger partial charge in [-0.2, -0.15) is 0 Å². The molecule has 5 heteroatoms. The average molecular weight is 247 g/mol. The summed E-state index contributed by atoms with van der Waals surface area (Å²) in [6, 6.07) is 9.58. The predicted octanol–water partition coefficient (Wildman–Crippen LogP) is 1.19. The van der Waals surface area contributed by atoms with Crippen molar-refractivity contribution in [3.8, 4) is 5.75 Å². The fourth-order valence-electron chi connectivity index (χ4n) is 1.66. The van der Waals surface area contributed by atoms with Crippen LogP contribution < -0.4 is 4.74 Å². The molecule has 0 amide bonds. The van der Waals surface area contributed by atoms with Gasteiger partial charge in [0.25, 0.3) is 0 Å². The second-order valence-corrected chi connectivity index (χ2v) is 4.19. The molecular formula is C13H17N3O2. The van der Waals surface area contributed by atoms with Crippen molar-refractivity contribution in [1.29, 1.82) is 0 Å². The van der Waals surface area contributed by atoms with Crippen LogP contribution in [0.1, 0.15) is 12.1 Å². The molecule has 1 atom stereocenters. The molecule has 2 rings (SSSR count). The molecule has 0 saturated heterocycles. The minimum absolute atomic E-state index is 0.453. The van der Waals surface area contributed by atoms with Gasteiger partial charge < -0.3 is 9.84 Å². The summed E-state index contributed by atoms with van der Waals surface area (Å²) in [7, 11) is 1.81. The molecule has 96 valence electrons. The van der Waals surface area contributed by atoms with Gasteiger partial charge >= 0.3 is 0 Å². The fourth-order valence-corrected chi connectivity index (χ4v) is 1.66. The van der Waals surface area contributed by atoms with E-state index in [1.54, 1.807) is 17.9 Å². The van der Waals surface area contributed by atoms with Crippen LogP contribution in [0.5, 0.6) is 5.75 Å². The number of aromatic nitrogens is 3. The lowest BCUT2D eigenvalue weighted by Gasteiger charge is -2.10. The van der Waals surface area contributed by atoms with Crippen LogP contribution in [0.4, 0.5) is 0 Å². The summed E-state index contributed by atoms with van der Waals surface area (Å²) < 4.78 is 7.15. The third-order valence-corrected chi connectivity index (χ3v) is 2.56. The van der Waals surface area contributed by atoms with Gasteiger partial charge in [0, 0.05) is 26.1 Å². The maximum absolute atomic E-state index is 9.83. The number of rotatable bonds is 6. The van der Waals surface area contributed by atoms with E-state index in [-0.39, 0.29) is 0 Å². The van der Waals surface area contributed by atoms with E-state index in [4.69, 9.17) is 4.74 Å². The quantitative estimate of drug-likeness (QED) is 0.833. The van der Waals surface area contributed by atoms with Gasteiger partial charge in [0.2, 0.25) is 0 Å². The molecule has 1 unspecified atom stereocenters. The molecule has 5 nitrogen and oxygen atoms in total. The Hall–Kier alpha value is -1.88. The molecule has 0 radical (unpaired) electrons. The molecule has 0 fully saturated rings. The van der Waals surface area contributed by atoms with Crippen LogP contribution in [0.2, 0.25) is 0 Å². The molecule has 0 aliphatic rings. The van der Waals surface area contributed by atoms with E-state index >= 15 is 0 Å². The van der Waals surface area contributed by atoms with E-state index in [0.29, 0.717) is 19.4 Å². The van der Waals surface area contributed by atoms with Crippen molar-refractivity contribution >= 4 is 0 Å². The summed E-state index contributed by atoms with van der Waals surface area (Å²) in [5.74, 6) is 0.823. The Morgan fingerprint density at radius 2 is 2.11 bits per heavy atom.